The van der Waals surface area contributed by atoms with Gasteiger partial charge in [-0.1, -0.05) is 47.8 Å². The summed E-state index contributed by atoms with van der Waals surface area (Å²) in [7, 11) is 2.04. The van der Waals surface area contributed by atoms with Gasteiger partial charge in [0.25, 0.3) is 5.91 Å². The fourth-order valence-electron chi connectivity index (χ4n) is 5.63. The zero-order valence-electron chi connectivity index (χ0n) is 20.7. The molecule has 3 aromatic carbocycles. The largest absolute Gasteiger partial charge is 0.365 e. The molecule has 2 N–H and O–H groups in total. The van der Waals surface area contributed by atoms with Crippen molar-refractivity contribution in [2.75, 3.05) is 20.1 Å². The van der Waals surface area contributed by atoms with Crippen molar-refractivity contribution in [3.8, 4) is 0 Å². The summed E-state index contributed by atoms with van der Waals surface area (Å²) in [5.41, 5.74) is 7.13. The number of amides is 3. The minimum atomic E-state index is -1.06. The molecule has 0 spiro atoms. The zero-order chi connectivity index (χ0) is 27.2. The summed E-state index contributed by atoms with van der Waals surface area (Å²) in [5, 5.41) is 0.425. The van der Waals surface area contributed by atoms with Crippen molar-refractivity contribution in [1.82, 2.24) is 9.38 Å². The van der Waals surface area contributed by atoms with Crippen LogP contribution in [-0.2, 0) is 4.79 Å². The Kier molecular flexibility index (Phi) is 6.96. The molecule has 0 saturated carbocycles. The summed E-state index contributed by atoms with van der Waals surface area (Å²) >= 11 is 12.6. The highest BCUT2D eigenvalue weighted by Gasteiger charge is 2.58. The molecule has 0 aromatic heterocycles. The molecule has 3 amide bonds. The third-order valence-corrected chi connectivity index (χ3v) is 8.04. The summed E-state index contributed by atoms with van der Waals surface area (Å²) < 4.78 is -1.06. The number of nitrogens with zero attached hydrogens (tertiary/aromatic N) is 2. The van der Waals surface area contributed by atoms with E-state index in [1.54, 1.807) is 36.4 Å². The minimum absolute atomic E-state index is 0.00593. The van der Waals surface area contributed by atoms with Crippen molar-refractivity contribution in [3.05, 3.63) is 98.5 Å². The quantitative estimate of drug-likeness (QED) is 0.259. The van der Waals surface area contributed by atoms with Gasteiger partial charge >= 0.3 is 11.8 Å². The molecule has 2 aliphatic heterocycles. The lowest BCUT2D eigenvalue weighted by Gasteiger charge is -2.32. The first-order valence-electron chi connectivity index (χ1n) is 12.3. The van der Waals surface area contributed by atoms with Gasteiger partial charge in [0.15, 0.2) is 12.2 Å². The first-order chi connectivity index (χ1) is 18.1. The van der Waals surface area contributed by atoms with Crippen LogP contribution in [0.2, 0.25) is 10.0 Å². The topological polar surface area (TPSA) is 97.5 Å². The molecule has 5 rings (SSSR count). The molecule has 2 unspecified atom stereocenters. The number of hydrogen-bond donors (Lipinski definition) is 1. The summed E-state index contributed by atoms with van der Waals surface area (Å²) in [4.78, 5) is 56.6. The van der Waals surface area contributed by atoms with Crippen LogP contribution < -0.4 is 10.2 Å². The van der Waals surface area contributed by atoms with Crippen molar-refractivity contribution in [2.24, 2.45) is 5.73 Å². The van der Waals surface area contributed by atoms with Crippen molar-refractivity contribution in [1.29, 1.82) is 0 Å². The van der Waals surface area contributed by atoms with Crippen LogP contribution in [0.4, 0.5) is 5.69 Å². The van der Waals surface area contributed by atoms with E-state index in [-0.39, 0.29) is 44.0 Å². The smallest absolute Gasteiger partial charge is 0.360 e. The van der Waals surface area contributed by atoms with Gasteiger partial charge < -0.3 is 5.73 Å². The second kappa shape index (κ2) is 10.1. The van der Waals surface area contributed by atoms with Crippen molar-refractivity contribution >= 4 is 52.4 Å². The number of halogens is 2. The van der Waals surface area contributed by atoms with Gasteiger partial charge in [-0.2, -0.15) is 0 Å². The first kappa shape index (κ1) is 26.3. The normalized spacial score (nSPS) is 21.4. The first-order valence-corrected chi connectivity index (χ1v) is 13.1. The Hall–Kier alpha value is -3.36. The van der Waals surface area contributed by atoms with E-state index in [1.165, 1.54) is 18.2 Å². The van der Waals surface area contributed by atoms with E-state index in [2.05, 4.69) is 4.90 Å². The van der Waals surface area contributed by atoms with Crippen LogP contribution in [0.15, 0.2) is 60.7 Å². The maximum absolute atomic E-state index is 14.2. The number of likely N-dealkylation sites (tertiary alicyclic amines) is 1. The molecule has 2 aliphatic rings. The highest BCUT2D eigenvalue weighted by atomic mass is 35.5. The Labute approximate surface area is 230 Å². The van der Waals surface area contributed by atoms with Crippen molar-refractivity contribution in [3.63, 3.8) is 0 Å². The van der Waals surface area contributed by atoms with Gasteiger partial charge in [-0.25, -0.2) is 9.59 Å². The van der Waals surface area contributed by atoms with E-state index in [0.29, 0.717) is 0 Å². The average molecular weight is 551 g/mol. The molecule has 2 heterocycles. The number of nitrogens with two attached hydrogens (primary N) is 1. The molecule has 0 bridgehead atoms. The molecule has 0 radical (unpaired) electrons. The van der Waals surface area contributed by atoms with Gasteiger partial charge in [0.05, 0.1) is 21.7 Å². The Bertz CT molecular complexity index is 1500. The number of rotatable bonds is 6. The maximum atomic E-state index is 14.2. The predicted octanol–water partition coefficient (Wildman–Crippen LogP) is 5.17. The molecule has 2 atom stereocenters. The summed E-state index contributed by atoms with van der Waals surface area (Å²) in [6, 6.07) is 16.1. The van der Waals surface area contributed by atoms with E-state index in [9.17, 15) is 19.2 Å². The van der Waals surface area contributed by atoms with Gasteiger partial charge in [-0.05, 0) is 68.4 Å². The number of fused-ring (bicyclic) bond motifs is 1. The number of carbonyl (C=O) groups is 4. The molecule has 38 heavy (non-hydrogen) atoms. The lowest BCUT2D eigenvalue weighted by molar-refractivity contribution is -0.118. The molecule has 7 nitrogen and oxygen atoms in total. The number of benzene rings is 3. The average Bonchev–Trinajstić information content (AvgIpc) is 3.10. The van der Waals surface area contributed by atoms with Crippen LogP contribution >= 0.6 is 23.2 Å². The lowest BCUT2D eigenvalue weighted by Crippen LogP contribution is -2.58. The van der Waals surface area contributed by atoms with Gasteiger partial charge in [0, 0.05) is 22.7 Å². The molecule has 1 saturated heterocycles. The molecule has 1 fully saturated rings. The maximum Gasteiger partial charge on any atom is 0.360 e. The van der Waals surface area contributed by atoms with Gasteiger partial charge in [-0.3, -0.25) is 14.5 Å². The van der Waals surface area contributed by atoms with Crippen molar-refractivity contribution in [2.45, 2.75) is 25.3 Å². The van der Waals surface area contributed by atoms with Crippen LogP contribution in [0.25, 0.3) is 0 Å². The minimum Gasteiger partial charge on any atom is -0.365 e. The standard InChI is InChI=1S/C29H25Cl2N3O4/c1-33-13-5-4-8-24(33)17-9-11-19-21(14-17)29(38)34(28(19)37,16-26(32)35)25-12-10-18(30)15-22(25)27(36)20-6-2-3-7-23(20)31/h2-3,6-7,9-12,14-15,24H,4-5,8,13,16H2,1H3,(H-,32,35)/p+1. The Morgan fingerprint density at radius 2 is 1.68 bits per heavy atom. The van der Waals surface area contributed by atoms with Crippen LogP contribution in [-0.4, -0.2) is 48.5 Å². The molecule has 3 aromatic rings. The molecular weight excluding hydrogens is 525 g/mol. The zero-order valence-corrected chi connectivity index (χ0v) is 22.3. The number of carbonyl (C=O) groups excluding carboxylic acids is 4. The summed E-state index contributed by atoms with van der Waals surface area (Å²) in [5.74, 6) is -2.63. The summed E-state index contributed by atoms with van der Waals surface area (Å²) in [6.45, 7) is 0.296. The van der Waals surface area contributed by atoms with Crippen LogP contribution in [0, 0.1) is 0 Å². The second-order valence-corrected chi connectivity index (χ2v) is 10.7. The Morgan fingerprint density at radius 1 is 0.947 bits per heavy atom. The van der Waals surface area contributed by atoms with Gasteiger partial charge in [0.2, 0.25) is 5.78 Å². The monoisotopic (exact) mass is 550 g/mol. The van der Waals surface area contributed by atoms with Gasteiger partial charge in [0.1, 0.15) is 0 Å². The predicted molar refractivity (Wildman–Crippen MR) is 147 cm³/mol. The highest BCUT2D eigenvalue weighted by Crippen LogP contribution is 2.42. The summed E-state index contributed by atoms with van der Waals surface area (Å²) in [6.07, 6.45) is 3.11. The third-order valence-electron chi connectivity index (χ3n) is 7.48. The molecular formula is C29H26Cl2N3O4+. The molecule has 0 aliphatic carbocycles. The van der Waals surface area contributed by atoms with Crippen LogP contribution in [0.3, 0.4) is 0 Å². The Balaban J connectivity index is 1.69. The number of hydrogen-bond acceptors (Lipinski definition) is 5. The lowest BCUT2D eigenvalue weighted by atomic mass is 9.93. The number of primary amides is 1. The van der Waals surface area contributed by atoms with E-state index in [0.717, 1.165) is 31.4 Å². The van der Waals surface area contributed by atoms with Crippen LogP contribution in [0.5, 0.6) is 0 Å². The SMILES string of the molecule is CN1CCCCC1c1ccc2c(c1)C(=O)[N+](CC(N)=O)(c1ccc(Cl)cc1C(=O)c1ccccc1Cl)C2=O. The van der Waals surface area contributed by atoms with E-state index in [4.69, 9.17) is 28.9 Å². The van der Waals surface area contributed by atoms with Crippen molar-refractivity contribution < 1.29 is 19.2 Å². The molecule has 194 valence electrons. The Morgan fingerprint density at radius 3 is 2.39 bits per heavy atom. The third kappa shape index (κ3) is 4.25. The van der Waals surface area contributed by atoms with Crippen LogP contribution in [0.1, 0.15) is 67.5 Å². The highest BCUT2D eigenvalue weighted by molar-refractivity contribution is 6.37. The number of quaternary nitrogens is 1. The fourth-order valence-corrected chi connectivity index (χ4v) is 6.02. The number of imide groups is 1. The second-order valence-electron chi connectivity index (χ2n) is 9.81. The number of ketones is 1. The van der Waals surface area contributed by atoms with E-state index in [1.807, 2.05) is 13.1 Å². The van der Waals surface area contributed by atoms with E-state index >= 15 is 0 Å². The molecule has 9 heteroatoms. The number of piperidine rings is 1. The van der Waals surface area contributed by atoms with E-state index < -0.39 is 34.5 Å². The fraction of sp³-hybridized carbons (Fsp3) is 0.241. The van der Waals surface area contributed by atoms with Gasteiger partial charge in [-0.15, -0.1) is 4.48 Å².